The number of rotatable bonds is 9. The Morgan fingerprint density at radius 3 is 2.39 bits per heavy atom. The first kappa shape index (κ1) is 14.9. The summed E-state index contributed by atoms with van der Waals surface area (Å²) >= 11 is 0. The number of aromatic nitrogens is 2. The molecular weight excluding hydrogens is 224 g/mol. The molecule has 0 aliphatic heterocycles. The Balaban J connectivity index is 2.25. The molecule has 1 aromatic heterocycles. The molecule has 0 atom stereocenters. The molecule has 0 fully saturated rings. The van der Waals surface area contributed by atoms with Crippen molar-refractivity contribution in [3.8, 4) is 0 Å². The number of hydrogen-bond donors (Lipinski definition) is 2. The standard InChI is InChI=1S/C14H28N4/c1-4-6-7-8-9-10-11-16-14-13(15)12(5-2)17-18(14)3/h16H,4-11,15H2,1-3H3. The highest BCUT2D eigenvalue weighted by Crippen LogP contribution is 2.22. The highest BCUT2D eigenvalue weighted by Gasteiger charge is 2.10. The summed E-state index contributed by atoms with van der Waals surface area (Å²) in [4.78, 5) is 0. The maximum Gasteiger partial charge on any atom is 0.147 e. The van der Waals surface area contributed by atoms with Crippen LogP contribution < -0.4 is 11.1 Å². The van der Waals surface area contributed by atoms with Gasteiger partial charge < -0.3 is 11.1 Å². The first-order valence-corrected chi connectivity index (χ1v) is 7.25. The molecular formula is C14H28N4. The van der Waals surface area contributed by atoms with Crippen LogP contribution in [-0.4, -0.2) is 16.3 Å². The number of aryl methyl sites for hydroxylation is 2. The minimum Gasteiger partial charge on any atom is -0.394 e. The van der Waals surface area contributed by atoms with Gasteiger partial charge in [0.2, 0.25) is 0 Å². The second-order valence-electron chi connectivity index (χ2n) is 4.88. The molecule has 1 rings (SSSR count). The Morgan fingerprint density at radius 2 is 1.78 bits per heavy atom. The molecule has 4 heteroatoms. The zero-order chi connectivity index (χ0) is 13.4. The van der Waals surface area contributed by atoms with Crippen molar-refractivity contribution in [1.29, 1.82) is 0 Å². The summed E-state index contributed by atoms with van der Waals surface area (Å²) in [5.41, 5.74) is 7.85. The second kappa shape index (κ2) is 8.01. The molecule has 0 aromatic carbocycles. The van der Waals surface area contributed by atoms with E-state index in [9.17, 15) is 0 Å². The van der Waals surface area contributed by atoms with Gasteiger partial charge >= 0.3 is 0 Å². The lowest BCUT2D eigenvalue weighted by Crippen LogP contribution is -2.07. The Morgan fingerprint density at radius 1 is 1.11 bits per heavy atom. The van der Waals surface area contributed by atoms with Crippen LogP contribution in [-0.2, 0) is 13.5 Å². The van der Waals surface area contributed by atoms with Crippen molar-refractivity contribution < 1.29 is 0 Å². The second-order valence-corrected chi connectivity index (χ2v) is 4.88. The van der Waals surface area contributed by atoms with Crippen LogP contribution in [0.15, 0.2) is 0 Å². The molecule has 0 saturated heterocycles. The lowest BCUT2D eigenvalue weighted by atomic mass is 10.1. The summed E-state index contributed by atoms with van der Waals surface area (Å²) in [6.45, 7) is 5.31. The first-order chi connectivity index (χ1) is 8.70. The van der Waals surface area contributed by atoms with Crippen molar-refractivity contribution in [3.63, 3.8) is 0 Å². The smallest absolute Gasteiger partial charge is 0.147 e. The maximum absolute atomic E-state index is 6.05. The molecule has 3 N–H and O–H groups in total. The van der Waals surface area contributed by atoms with Gasteiger partial charge in [0.05, 0.1) is 11.4 Å². The Hall–Kier alpha value is -1.19. The number of unbranched alkanes of at least 4 members (excludes halogenated alkanes) is 5. The third-order valence-corrected chi connectivity index (χ3v) is 3.32. The van der Waals surface area contributed by atoms with E-state index in [0.29, 0.717) is 0 Å². The lowest BCUT2D eigenvalue weighted by molar-refractivity contribution is 0.615. The van der Waals surface area contributed by atoms with E-state index in [4.69, 9.17) is 5.73 Å². The van der Waals surface area contributed by atoms with E-state index in [-0.39, 0.29) is 0 Å². The van der Waals surface area contributed by atoms with Crippen molar-refractivity contribution in [2.75, 3.05) is 17.6 Å². The highest BCUT2D eigenvalue weighted by atomic mass is 15.3. The minimum atomic E-state index is 0.811. The predicted octanol–water partition coefficient (Wildman–Crippen LogP) is 3.34. The lowest BCUT2D eigenvalue weighted by Gasteiger charge is -2.07. The molecule has 104 valence electrons. The van der Waals surface area contributed by atoms with Gasteiger partial charge in [-0.15, -0.1) is 0 Å². The van der Waals surface area contributed by atoms with E-state index in [0.717, 1.165) is 30.2 Å². The van der Waals surface area contributed by atoms with E-state index < -0.39 is 0 Å². The van der Waals surface area contributed by atoms with Gasteiger partial charge in [-0.2, -0.15) is 5.10 Å². The van der Waals surface area contributed by atoms with Gasteiger partial charge in [0.1, 0.15) is 5.82 Å². The molecule has 0 aliphatic carbocycles. The number of nitrogen functional groups attached to an aromatic ring is 1. The number of nitrogens with two attached hydrogens (primary N) is 1. The summed E-state index contributed by atoms with van der Waals surface area (Å²) in [6.07, 6.45) is 8.77. The SMILES string of the molecule is CCCCCCCCNc1c(N)c(CC)nn1C. The van der Waals surface area contributed by atoms with Crippen molar-refractivity contribution in [3.05, 3.63) is 5.69 Å². The van der Waals surface area contributed by atoms with Gasteiger partial charge in [-0.05, 0) is 12.8 Å². The minimum absolute atomic E-state index is 0.811. The average Bonchev–Trinajstić information content (AvgIpc) is 2.64. The van der Waals surface area contributed by atoms with Gasteiger partial charge in [0, 0.05) is 13.6 Å². The summed E-state index contributed by atoms with van der Waals surface area (Å²) < 4.78 is 1.85. The van der Waals surface area contributed by atoms with Gasteiger partial charge in [0.15, 0.2) is 0 Å². The van der Waals surface area contributed by atoms with Crippen LogP contribution in [0.2, 0.25) is 0 Å². The first-order valence-electron chi connectivity index (χ1n) is 7.25. The molecule has 0 spiro atoms. The molecule has 1 heterocycles. The molecule has 0 radical (unpaired) electrons. The summed E-state index contributed by atoms with van der Waals surface area (Å²) in [5.74, 6) is 0.973. The summed E-state index contributed by atoms with van der Waals surface area (Å²) in [5, 5.41) is 7.80. The van der Waals surface area contributed by atoms with Crippen LogP contribution in [0, 0.1) is 0 Å². The molecule has 0 aliphatic rings. The average molecular weight is 252 g/mol. The fourth-order valence-corrected chi connectivity index (χ4v) is 2.18. The number of hydrogen-bond acceptors (Lipinski definition) is 3. The van der Waals surface area contributed by atoms with Crippen LogP contribution in [0.3, 0.4) is 0 Å². The quantitative estimate of drug-likeness (QED) is 0.663. The van der Waals surface area contributed by atoms with Gasteiger partial charge in [-0.25, -0.2) is 0 Å². The Kier molecular flexibility index (Phi) is 6.61. The normalized spacial score (nSPS) is 10.8. The summed E-state index contributed by atoms with van der Waals surface area (Å²) in [7, 11) is 1.94. The van der Waals surface area contributed by atoms with Crippen molar-refractivity contribution in [1.82, 2.24) is 9.78 Å². The van der Waals surface area contributed by atoms with Gasteiger partial charge in [0.25, 0.3) is 0 Å². The maximum atomic E-state index is 6.05. The zero-order valence-corrected chi connectivity index (χ0v) is 12.1. The van der Waals surface area contributed by atoms with Gasteiger partial charge in [-0.1, -0.05) is 46.0 Å². The highest BCUT2D eigenvalue weighted by molar-refractivity contribution is 5.64. The Bertz CT molecular complexity index is 344. The van der Waals surface area contributed by atoms with Crippen molar-refractivity contribution in [2.45, 2.75) is 58.8 Å². The fourth-order valence-electron chi connectivity index (χ4n) is 2.18. The van der Waals surface area contributed by atoms with E-state index >= 15 is 0 Å². The number of nitrogens with zero attached hydrogens (tertiary/aromatic N) is 2. The van der Waals surface area contributed by atoms with Crippen LogP contribution in [0.5, 0.6) is 0 Å². The van der Waals surface area contributed by atoms with E-state index in [1.54, 1.807) is 0 Å². The molecule has 18 heavy (non-hydrogen) atoms. The summed E-state index contributed by atoms with van der Waals surface area (Å²) in [6, 6.07) is 0. The van der Waals surface area contributed by atoms with Crippen molar-refractivity contribution >= 4 is 11.5 Å². The largest absolute Gasteiger partial charge is 0.394 e. The zero-order valence-electron chi connectivity index (χ0n) is 12.1. The predicted molar refractivity (Wildman–Crippen MR) is 78.9 cm³/mol. The van der Waals surface area contributed by atoms with Crippen LogP contribution >= 0.6 is 0 Å². The Labute approximate surface area is 111 Å². The van der Waals surface area contributed by atoms with E-state index in [1.807, 2.05) is 11.7 Å². The molecule has 0 unspecified atom stereocenters. The van der Waals surface area contributed by atoms with Gasteiger partial charge in [-0.3, -0.25) is 4.68 Å². The molecule has 0 amide bonds. The number of anilines is 2. The molecule has 4 nitrogen and oxygen atoms in total. The van der Waals surface area contributed by atoms with Crippen LogP contribution in [0.1, 0.15) is 58.1 Å². The fraction of sp³-hybridized carbons (Fsp3) is 0.786. The molecule has 0 bridgehead atoms. The van der Waals surface area contributed by atoms with Crippen LogP contribution in [0.25, 0.3) is 0 Å². The topological polar surface area (TPSA) is 55.9 Å². The number of nitrogens with one attached hydrogen (secondary N) is 1. The van der Waals surface area contributed by atoms with E-state index in [2.05, 4.69) is 24.3 Å². The third kappa shape index (κ3) is 4.24. The van der Waals surface area contributed by atoms with Crippen LogP contribution in [0.4, 0.5) is 11.5 Å². The molecule has 1 aromatic rings. The van der Waals surface area contributed by atoms with E-state index in [1.165, 1.54) is 38.5 Å². The third-order valence-electron chi connectivity index (χ3n) is 3.32. The monoisotopic (exact) mass is 252 g/mol. The van der Waals surface area contributed by atoms with Crippen molar-refractivity contribution in [2.24, 2.45) is 7.05 Å². The molecule has 0 saturated carbocycles.